The predicted octanol–water partition coefficient (Wildman–Crippen LogP) is 1.38. The molecule has 0 unspecified atom stereocenters. The molecule has 0 bridgehead atoms. The van der Waals surface area contributed by atoms with E-state index >= 15 is 0 Å². The number of methoxy groups -OCH3 is 1. The number of carbonyl (C=O) groups excluding carboxylic acids is 4. The summed E-state index contributed by atoms with van der Waals surface area (Å²) in [5, 5.41) is 5.49. The number of Topliss-reactive ketones (excluding diaryl/α,β-unsaturated/α-hetero) is 1. The lowest BCUT2D eigenvalue weighted by atomic mass is 10.1. The molecular weight excluding hydrogens is 462 g/mol. The van der Waals surface area contributed by atoms with Gasteiger partial charge < -0.3 is 15.4 Å². The molecule has 0 aliphatic heterocycles. The summed E-state index contributed by atoms with van der Waals surface area (Å²) in [5.41, 5.74) is 1.73. The van der Waals surface area contributed by atoms with E-state index in [1.807, 2.05) is 11.5 Å². The van der Waals surface area contributed by atoms with Gasteiger partial charge in [-0.1, -0.05) is 36.1 Å². The molecule has 2 aliphatic carbocycles. The highest BCUT2D eigenvalue weighted by Gasteiger charge is 2.65. The Balaban J connectivity index is 1.57. The van der Waals surface area contributed by atoms with E-state index in [9.17, 15) is 19.2 Å². The molecule has 3 N–H and O–H groups in total. The number of rotatable bonds is 9. The lowest BCUT2D eigenvalue weighted by molar-refractivity contribution is -0.145. The van der Waals surface area contributed by atoms with Crippen molar-refractivity contribution < 1.29 is 28.8 Å². The summed E-state index contributed by atoms with van der Waals surface area (Å²) in [6, 6.07) is 14.1. The zero-order valence-corrected chi connectivity index (χ0v) is 20.0. The minimum absolute atomic E-state index is 0.0577. The van der Waals surface area contributed by atoms with Gasteiger partial charge in [0, 0.05) is 11.1 Å². The number of ketones is 1. The molecule has 9 nitrogen and oxygen atoms in total. The molecule has 36 heavy (non-hydrogen) atoms. The van der Waals surface area contributed by atoms with Gasteiger partial charge in [0.25, 0.3) is 11.7 Å². The van der Waals surface area contributed by atoms with Crippen LogP contribution in [0.2, 0.25) is 0 Å². The van der Waals surface area contributed by atoms with E-state index in [4.69, 9.17) is 4.74 Å². The maximum absolute atomic E-state index is 13.5. The Labute approximate surface area is 208 Å². The number of hydroxylamine groups is 1. The van der Waals surface area contributed by atoms with Gasteiger partial charge in [-0.15, -0.1) is 0 Å². The van der Waals surface area contributed by atoms with Gasteiger partial charge in [0.2, 0.25) is 5.91 Å². The molecule has 2 aliphatic rings. The summed E-state index contributed by atoms with van der Waals surface area (Å²) in [7, 11) is 2.70. The van der Waals surface area contributed by atoms with Crippen LogP contribution in [0.4, 0.5) is 0 Å². The van der Waals surface area contributed by atoms with E-state index in [2.05, 4.69) is 27.3 Å². The largest absolute Gasteiger partial charge is 0.497 e. The number of nitrogens with one attached hydrogen (secondary N) is 3. The summed E-state index contributed by atoms with van der Waals surface area (Å²) in [4.78, 5) is 56.1. The summed E-state index contributed by atoms with van der Waals surface area (Å²) in [6.45, 7) is 0. The first-order chi connectivity index (χ1) is 17.4. The van der Waals surface area contributed by atoms with Crippen LogP contribution >= 0.6 is 0 Å². The Morgan fingerprint density at radius 1 is 1.03 bits per heavy atom. The zero-order chi connectivity index (χ0) is 25.7. The predicted molar refractivity (Wildman–Crippen MR) is 129 cm³/mol. The minimum Gasteiger partial charge on any atom is -0.497 e. The fourth-order valence-corrected chi connectivity index (χ4v) is 4.23. The summed E-state index contributed by atoms with van der Waals surface area (Å²) >= 11 is 0. The van der Waals surface area contributed by atoms with E-state index in [-0.39, 0.29) is 5.92 Å². The van der Waals surface area contributed by atoms with Gasteiger partial charge in [-0.25, -0.2) is 5.48 Å². The van der Waals surface area contributed by atoms with Crippen molar-refractivity contribution >= 4 is 23.5 Å². The maximum Gasteiger partial charge on any atom is 0.314 e. The molecule has 9 heteroatoms. The number of hydrogen-bond donors (Lipinski definition) is 3. The Kier molecular flexibility index (Phi) is 7.36. The van der Waals surface area contributed by atoms with Crippen molar-refractivity contribution in [1.82, 2.24) is 16.1 Å². The van der Waals surface area contributed by atoms with Crippen molar-refractivity contribution in [3.05, 3.63) is 65.7 Å². The van der Waals surface area contributed by atoms with E-state index in [0.29, 0.717) is 29.2 Å². The molecule has 3 atom stereocenters. The van der Waals surface area contributed by atoms with Gasteiger partial charge >= 0.3 is 5.91 Å². The van der Waals surface area contributed by atoms with Gasteiger partial charge in [0.05, 0.1) is 14.2 Å². The Morgan fingerprint density at radius 3 is 2.44 bits per heavy atom. The summed E-state index contributed by atoms with van der Waals surface area (Å²) < 4.78 is 5.19. The molecule has 0 saturated heterocycles. The fourth-order valence-electron chi connectivity index (χ4n) is 4.23. The van der Waals surface area contributed by atoms with E-state index in [0.717, 1.165) is 12.8 Å². The lowest BCUT2D eigenvalue weighted by Gasteiger charge is -2.21. The van der Waals surface area contributed by atoms with Crippen LogP contribution in [-0.2, 0) is 19.2 Å². The van der Waals surface area contributed by atoms with Gasteiger partial charge in [-0.3, -0.25) is 24.0 Å². The van der Waals surface area contributed by atoms with Crippen LogP contribution < -0.4 is 20.9 Å². The Bertz CT molecular complexity index is 1230. The molecule has 3 amide bonds. The third-order valence-corrected chi connectivity index (χ3v) is 6.37. The SMILES string of the molecule is CONC(=O)C(=O)[C@H](C#Cc1ccccc1)NC(=O)[C@@]1(NC(=O)c2cccc(OC)c2)C[C@H]1C1CC1. The van der Waals surface area contributed by atoms with Crippen LogP contribution in [-0.4, -0.2) is 49.3 Å². The minimum atomic E-state index is -1.43. The van der Waals surface area contributed by atoms with Crippen LogP contribution in [0.3, 0.4) is 0 Å². The first kappa shape index (κ1) is 24.9. The molecule has 186 valence electrons. The van der Waals surface area contributed by atoms with Crippen molar-refractivity contribution in [2.45, 2.75) is 30.8 Å². The Morgan fingerprint density at radius 2 is 1.78 bits per heavy atom. The molecule has 2 saturated carbocycles. The third kappa shape index (κ3) is 5.56. The fraction of sp³-hybridized carbons (Fsp3) is 0.333. The number of ether oxygens (including phenoxy) is 1. The van der Waals surface area contributed by atoms with Crippen molar-refractivity contribution in [3.63, 3.8) is 0 Å². The number of hydrogen-bond acceptors (Lipinski definition) is 6. The summed E-state index contributed by atoms with van der Waals surface area (Å²) in [6.07, 6.45) is 2.39. The molecule has 0 aromatic heterocycles. The average Bonchev–Trinajstić information content (AvgIpc) is 3.82. The van der Waals surface area contributed by atoms with E-state index in [1.54, 1.807) is 48.5 Å². The zero-order valence-electron chi connectivity index (χ0n) is 20.0. The molecule has 4 rings (SSSR count). The number of benzene rings is 2. The molecule has 2 aromatic rings. The second-order valence-electron chi connectivity index (χ2n) is 8.85. The lowest BCUT2D eigenvalue weighted by Crippen LogP contribution is -2.56. The van der Waals surface area contributed by atoms with Gasteiger partial charge in [-0.05, 0) is 61.4 Å². The van der Waals surface area contributed by atoms with Crippen molar-refractivity contribution in [3.8, 4) is 17.6 Å². The first-order valence-corrected chi connectivity index (χ1v) is 11.6. The summed E-state index contributed by atoms with van der Waals surface area (Å²) in [5.74, 6) is 3.28. The smallest absolute Gasteiger partial charge is 0.314 e. The van der Waals surface area contributed by atoms with Crippen LogP contribution in [0, 0.1) is 23.7 Å². The molecular formula is C27H27N3O6. The topological polar surface area (TPSA) is 123 Å². The molecule has 0 heterocycles. The van der Waals surface area contributed by atoms with Gasteiger partial charge in [0.1, 0.15) is 11.3 Å². The third-order valence-electron chi connectivity index (χ3n) is 6.37. The monoisotopic (exact) mass is 489 g/mol. The normalized spacial score (nSPS) is 20.7. The highest BCUT2D eigenvalue weighted by Crippen LogP contribution is 2.57. The van der Waals surface area contributed by atoms with Crippen LogP contribution in [0.1, 0.15) is 35.2 Å². The number of carbonyl (C=O) groups is 4. The van der Waals surface area contributed by atoms with Crippen LogP contribution in [0.25, 0.3) is 0 Å². The average molecular weight is 490 g/mol. The maximum atomic E-state index is 13.5. The van der Waals surface area contributed by atoms with Gasteiger partial charge in [-0.2, -0.15) is 0 Å². The van der Waals surface area contributed by atoms with Crippen molar-refractivity contribution in [2.24, 2.45) is 11.8 Å². The molecule has 0 spiro atoms. The second kappa shape index (κ2) is 10.6. The van der Waals surface area contributed by atoms with Gasteiger partial charge in [0.15, 0.2) is 6.04 Å². The first-order valence-electron chi connectivity index (χ1n) is 11.6. The Hall–Kier alpha value is -4.16. The standard InChI is InChI=1S/C27H27N3O6/c1-35-20-10-6-9-19(15-20)24(32)29-27(16-21(27)18-12-13-18)26(34)28-22(23(31)25(33)30-36-2)14-11-17-7-4-3-5-8-17/h3-10,15,18,21-22H,12-13,16H2,1-2H3,(H,28,34)(H,29,32)(H,30,33)/t21-,22-,27+/m0/s1. The molecule has 2 fully saturated rings. The quantitative estimate of drug-likeness (QED) is 0.278. The highest BCUT2D eigenvalue weighted by molar-refractivity contribution is 6.39. The number of amides is 3. The van der Waals surface area contributed by atoms with E-state index in [1.165, 1.54) is 14.2 Å². The van der Waals surface area contributed by atoms with Crippen LogP contribution in [0.5, 0.6) is 5.75 Å². The molecule has 0 radical (unpaired) electrons. The highest BCUT2D eigenvalue weighted by atomic mass is 16.6. The van der Waals surface area contributed by atoms with Crippen LogP contribution in [0.15, 0.2) is 54.6 Å². The van der Waals surface area contributed by atoms with E-state index < -0.39 is 35.1 Å². The van der Waals surface area contributed by atoms with Crippen molar-refractivity contribution in [1.29, 1.82) is 0 Å². The molecule has 2 aromatic carbocycles. The second-order valence-corrected chi connectivity index (χ2v) is 8.85. The van der Waals surface area contributed by atoms with Crippen molar-refractivity contribution in [2.75, 3.05) is 14.2 Å².